The topological polar surface area (TPSA) is 70.2 Å². The zero-order chi connectivity index (χ0) is 17.2. The summed E-state index contributed by atoms with van der Waals surface area (Å²) in [6, 6.07) is -0.262. The summed E-state index contributed by atoms with van der Waals surface area (Å²) in [5, 5.41) is 5.40. The molecule has 2 N–H and O–H groups in total. The van der Waals surface area contributed by atoms with E-state index in [2.05, 4.69) is 20.6 Å². The predicted molar refractivity (Wildman–Crippen MR) is 87.9 cm³/mol. The molecule has 0 spiro atoms. The van der Waals surface area contributed by atoms with Crippen molar-refractivity contribution in [3.05, 3.63) is 23.8 Å². The Bertz CT molecular complexity index is 591. The van der Waals surface area contributed by atoms with Crippen molar-refractivity contribution in [3.63, 3.8) is 0 Å². The van der Waals surface area contributed by atoms with E-state index in [0.29, 0.717) is 32.0 Å². The molecule has 0 aromatic carbocycles. The molecule has 2 fully saturated rings. The maximum atomic E-state index is 13.3. The fraction of sp³-hybridized carbons (Fsp3) is 0.667. The van der Waals surface area contributed by atoms with E-state index in [1.54, 1.807) is 0 Å². The summed E-state index contributed by atoms with van der Waals surface area (Å²) in [6.07, 6.45) is -0.934. The second-order valence-corrected chi connectivity index (χ2v) is 6.13. The highest BCUT2D eigenvalue weighted by molar-refractivity contribution is 5.92. The Morgan fingerprint density at radius 1 is 1.36 bits per heavy atom. The number of hydrogen-bond acceptors (Lipinski definition) is 5. The Morgan fingerprint density at radius 3 is 2.64 bits per heavy atom. The zero-order valence-electron chi connectivity index (χ0n) is 13.6. The van der Waals surface area contributed by atoms with E-state index >= 15 is 0 Å². The van der Waals surface area contributed by atoms with Crippen LogP contribution >= 0.6 is 12.4 Å². The minimum Gasteiger partial charge on any atom is -0.349 e. The number of nitrogens with zero attached hydrogens (tertiary/aromatic N) is 3. The number of nitrogens with one attached hydrogen (secondary N) is 2. The summed E-state index contributed by atoms with van der Waals surface area (Å²) in [5.41, 5.74) is 0.119. The van der Waals surface area contributed by atoms with Crippen molar-refractivity contribution in [1.82, 2.24) is 25.5 Å². The first kappa shape index (κ1) is 19.9. The van der Waals surface area contributed by atoms with Gasteiger partial charge in [-0.2, -0.15) is 13.2 Å². The first-order chi connectivity index (χ1) is 11.4. The van der Waals surface area contributed by atoms with Gasteiger partial charge in [0.1, 0.15) is 17.6 Å². The summed E-state index contributed by atoms with van der Waals surface area (Å²) in [4.78, 5) is 21.8. The van der Waals surface area contributed by atoms with Gasteiger partial charge >= 0.3 is 6.18 Å². The number of halogens is 4. The van der Waals surface area contributed by atoms with E-state index in [1.807, 2.05) is 0 Å². The summed E-state index contributed by atoms with van der Waals surface area (Å²) >= 11 is 0. The highest BCUT2D eigenvalue weighted by atomic mass is 35.5. The molecule has 25 heavy (non-hydrogen) atoms. The van der Waals surface area contributed by atoms with Gasteiger partial charge in [-0.3, -0.25) is 9.69 Å². The second kappa shape index (κ2) is 8.29. The van der Waals surface area contributed by atoms with Gasteiger partial charge in [0.15, 0.2) is 0 Å². The Balaban J connectivity index is 0.00000225. The second-order valence-electron chi connectivity index (χ2n) is 6.13. The summed E-state index contributed by atoms with van der Waals surface area (Å²) < 4.78 is 39.9. The number of alkyl halides is 3. The monoisotopic (exact) mass is 379 g/mol. The molecule has 0 radical (unpaired) electrons. The van der Waals surface area contributed by atoms with Crippen molar-refractivity contribution in [2.24, 2.45) is 0 Å². The van der Waals surface area contributed by atoms with Crippen molar-refractivity contribution in [1.29, 1.82) is 0 Å². The van der Waals surface area contributed by atoms with Gasteiger partial charge in [-0.25, -0.2) is 9.97 Å². The van der Waals surface area contributed by atoms with Gasteiger partial charge in [-0.15, -0.1) is 12.4 Å². The molecule has 2 heterocycles. The van der Waals surface area contributed by atoms with Crippen LogP contribution in [0.15, 0.2) is 12.3 Å². The van der Waals surface area contributed by atoms with Gasteiger partial charge < -0.3 is 10.6 Å². The lowest BCUT2D eigenvalue weighted by molar-refractivity contribution is -0.183. The smallest absolute Gasteiger partial charge is 0.349 e. The Kier molecular flexibility index (Phi) is 6.59. The van der Waals surface area contributed by atoms with Crippen LogP contribution < -0.4 is 10.6 Å². The lowest BCUT2D eigenvalue weighted by Gasteiger charge is -2.35. The number of amides is 1. The van der Waals surface area contributed by atoms with E-state index in [0.717, 1.165) is 12.8 Å². The fourth-order valence-electron chi connectivity index (χ4n) is 2.76. The molecule has 0 bridgehead atoms. The molecule has 6 nitrogen and oxygen atoms in total. The highest BCUT2D eigenvalue weighted by Gasteiger charge is 2.43. The molecule has 1 amide bonds. The summed E-state index contributed by atoms with van der Waals surface area (Å²) in [7, 11) is 0. The molecule has 1 aromatic rings. The number of rotatable bonds is 5. The van der Waals surface area contributed by atoms with Crippen molar-refractivity contribution < 1.29 is 18.0 Å². The van der Waals surface area contributed by atoms with Crippen molar-refractivity contribution in [2.75, 3.05) is 32.7 Å². The summed E-state index contributed by atoms with van der Waals surface area (Å²) in [6.45, 7) is 1.15. The lowest BCUT2D eigenvalue weighted by Crippen LogP contribution is -2.57. The standard InChI is InChI=1S/C15H20F3N5O.ClH/c16-15(17,18)12(23-7-5-19-6-8-23)9-21-14(24)11-3-4-20-13(22-11)10-1-2-10;/h3-4,10,12,19H,1-2,5-9H2,(H,21,24);1H. The molecular weight excluding hydrogens is 359 g/mol. The molecule has 1 atom stereocenters. The van der Waals surface area contributed by atoms with E-state index in [1.165, 1.54) is 17.2 Å². The minimum absolute atomic E-state index is 0. The third kappa shape index (κ3) is 5.26. The third-order valence-electron chi connectivity index (χ3n) is 4.28. The Morgan fingerprint density at radius 2 is 2.04 bits per heavy atom. The molecule has 2 aliphatic rings. The molecule has 1 saturated carbocycles. The van der Waals surface area contributed by atoms with Crippen LogP contribution in [0, 0.1) is 0 Å². The van der Waals surface area contributed by atoms with E-state index in [4.69, 9.17) is 0 Å². The zero-order valence-corrected chi connectivity index (χ0v) is 14.4. The van der Waals surface area contributed by atoms with Crippen LogP contribution in [0.2, 0.25) is 0 Å². The Hall–Kier alpha value is -1.45. The van der Waals surface area contributed by atoms with Gasteiger partial charge in [-0.05, 0) is 18.9 Å². The molecule has 1 unspecified atom stereocenters. The van der Waals surface area contributed by atoms with Gasteiger partial charge in [0.25, 0.3) is 5.91 Å². The van der Waals surface area contributed by atoms with Crippen molar-refractivity contribution in [2.45, 2.75) is 31.0 Å². The number of aromatic nitrogens is 2. The molecule has 1 aromatic heterocycles. The normalized spacial score (nSPS) is 19.8. The summed E-state index contributed by atoms with van der Waals surface area (Å²) in [5.74, 6) is 0.280. The maximum absolute atomic E-state index is 13.3. The fourth-order valence-corrected chi connectivity index (χ4v) is 2.76. The minimum atomic E-state index is -4.39. The van der Waals surface area contributed by atoms with Gasteiger partial charge in [0.05, 0.1) is 0 Å². The predicted octanol–water partition coefficient (Wildman–Crippen LogP) is 1.34. The SMILES string of the molecule is Cl.O=C(NCC(N1CCNCC1)C(F)(F)F)c1ccnc(C2CC2)n1. The van der Waals surface area contributed by atoms with Crippen LogP contribution in [0.4, 0.5) is 13.2 Å². The Labute approximate surface area is 150 Å². The maximum Gasteiger partial charge on any atom is 0.405 e. The molecule has 140 valence electrons. The lowest BCUT2D eigenvalue weighted by atomic mass is 10.2. The van der Waals surface area contributed by atoms with Crippen LogP contribution in [0.1, 0.15) is 35.1 Å². The molecular formula is C15H21ClF3N5O. The number of carbonyl (C=O) groups excluding carboxylic acids is 1. The van der Waals surface area contributed by atoms with E-state index in [-0.39, 0.29) is 24.0 Å². The molecule has 1 aliphatic heterocycles. The van der Waals surface area contributed by atoms with Crippen LogP contribution in [0.25, 0.3) is 0 Å². The first-order valence-electron chi connectivity index (χ1n) is 8.08. The van der Waals surface area contributed by atoms with Crippen LogP contribution in [-0.2, 0) is 0 Å². The van der Waals surface area contributed by atoms with Gasteiger partial charge in [0.2, 0.25) is 0 Å². The number of hydrogen-bond donors (Lipinski definition) is 2. The highest BCUT2D eigenvalue weighted by Crippen LogP contribution is 2.37. The van der Waals surface area contributed by atoms with Gasteiger partial charge in [-0.1, -0.05) is 0 Å². The number of piperazine rings is 1. The largest absolute Gasteiger partial charge is 0.405 e. The quantitative estimate of drug-likeness (QED) is 0.808. The van der Waals surface area contributed by atoms with Crippen molar-refractivity contribution >= 4 is 18.3 Å². The molecule has 10 heteroatoms. The molecule has 1 saturated heterocycles. The van der Waals surface area contributed by atoms with Crippen LogP contribution in [0.3, 0.4) is 0 Å². The average molecular weight is 380 g/mol. The van der Waals surface area contributed by atoms with Crippen LogP contribution in [-0.4, -0.2) is 65.7 Å². The van der Waals surface area contributed by atoms with E-state index in [9.17, 15) is 18.0 Å². The van der Waals surface area contributed by atoms with Crippen LogP contribution in [0.5, 0.6) is 0 Å². The van der Waals surface area contributed by atoms with Gasteiger partial charge in [0, 0.05) is 44.8 Å². The molecule has 3 rings (SSSR count). The average Bonchev–Trinajstić information content (AvgIpc) is 3.40. The number of carbonyl (C=O) groups is 1. The van der Waals surface area contributed by atoms with E-state index < -0.39 is 24.7 Å². The molecule has 1 aliphatic carbocycles. The van der Waals surface area contributed by atoms with Crippen molar-refractivity contribution in [3.8, 4) is 0 Å². The third-order valence-corrected chi connectivity index (χ3v) is 4.28. The first-order valence-corrected chi connectivity index (χ1v) is 8.08.